The molecule has 1 saturated heterocycles. The largest absolute Gasteiger partial charge is 0.329 e. The summed E-state index contributed by atoms with van der Waals surface area (Å²) in [5.41, 5.74) is 5.81. The van der Waals surface area contributed by atoms with Gasteiger partial charge >= 0.3 is 0 Å². The maximum absolute atomic E-state index is 5.81. The highest BCUT2D eigenvalue weighted by molar-refractivity contribution is 4.89. The molecule has 2 N–H and O–H groups in total. The number of aryl methyl sites for hydroxylation is 1. The second-order valence-corrected chi connectivity index (χ2v) is 4.42. The van der Waals surface area contributed by atoms with Gasteiger partial charge < -0.3 is 10.6 Å². The number of hydrogen-bond donors (Lipinski definition) is 1. The molecule has 0 radical (unpaired) electrons. The highest BCUT2D eigenvalue weighted by atomic mass is 15.4. The zero-order valence-electron chi connectivity index (χ0n) is 10.0. The van der Waals surface area contributed by atoms with Gasteiger partial charge in [-0.1, -0.05) is 0 Å². The zero-order valence-corrected chi connectivity index (χ0v) is 10.0. The van der Waals surface area contributed by atoms with Crippen molar-refractivity contribution in [2.24, 2.45) is 12.8 Å². The Morgan fingerprint density at radius 3 is 2.88 bits per heavy atom. The van der Waals surface area contributed by atoms with Crippen molar-refractivity contribution in [2.45, 2.75) is 12.6 Å². The lowest BCUT2D eigenvalue weighted by Crippen LogP contribution is -2.54. The van der Waals surface area contributed by atoms with Crippen molar-refractivity contribution in [2.75, 3.05) is 33.2 Å². The first-order chi connectivity index (χ1) is 7.70. The molecule has 6 nitrogen and oxygen atoms in total. The Morgan fingerprint density at radius 1 is 1.44 bits per heavy atom. The lowest BCUT2D eigenvalue weighted by Gasteiger charge is -2.39. The van der Waals surface area contributed by atoms with Gasteiger partial charge in [-0.15, -0.1) is 0 Å². The van der Waals surface area contributed by atoms with Crippen LogP contribution < -0.4 is 5.73 Å². The molecule has 0 aromatic carbocycles. The SMILES string of the molecule is CN1CCN(Cc2ncnn2C)C(CN)C1. The molecule has 90 valence electrons. The van der Waals surface area contributed by atoms with Crippen LogP contribution in [-0.4, -0.2) is 63.8 Å². The van der Waals surface area contributed by atoms with Gasteiger partial charge in [-0.25, -0.2) is 4.98 Å². The molecule has 2 rings (SSSR count). The first-order valence-electron chi connectivity index (χ1n) is 5.66. The summed E-state index contributed by atoms with van der Waals surface area (Å²) in [5, 5.41) is 4.09. The van der Waals surface area contributed by atoms with Crippen LogP contribution in [0.15, 0.2) is 6.33 Å². The van der Waals surface area contributed by atoms with E-state index >= 15 is 0 Å². The van der Waals surface area contributed by atoms with E-state index in [0.29, 0.717) is 12.6 Å². The molecule has 1 aliphatic rings. The number of piperazine rings is 1. The third kappa shape index (κ3) is 2.40. The third-order valence-electron chi connectivity index (χ3n) is 3.23. The number of likely N-dealkylation sites (N-methyl/N-ethyl adjacent to an activating group) is 1. The first-order valence-corrected chi connectivity index (χ1v) is 5.66. The molecule has 1 aliphatic heterocycles. The first kappa shape index (κ1) is 11.5. The number of rotatable bonds is 3. The van der Waals surface area contributed by atoms with Crippen LogP contribution in [0.25, 0.3) is 0 Å². The average molecular weight is 224 g/mol. The second-order valence-electron chi connectivity index (χ2n) is 4.42. The number of aromatic nitrogens is 3. The summed E-state index contributed by atoms with van der Waals surface area (Å²) in [4.78, 5) is 8.97. The summed E-state index contributed by atoms with van der Waals surface area (Å²) < 4.78 is 1.83. The van der Waals surface area contributed by atoms with Crippen molar-refractivity contribution in [1.29, 1.82) is 0 Å². The van der Waals surface area contributed by atoms with Gasteiger partial charge in [0.05, 0.1) is 6.54 Å². The van der Waals surface area contributed by atoms with E-state index in [1.54, 1.807) is 6.33 Å². The Morgan fingerprint density at radius 2 is 2.25 bits per heavy atom. The summed E-state index contributed by atoms with van der Waals surface area (Å²) in [6.45, 7) is 4.71. The van der Waals surface area contributed by atoms with Crippen molar-refractivity contribution >= 4 is 0 Å². The third-order valence-corrected chi connectivity index (χ3v) is 3.23. The van der Waals surface area contributed by atoms with E-state index in [2.05, 4.69) is 26.9 Å². The van der Waals surface area contributed by atoms with Gasteiger partial charge in [0.25, 0.3) is 0 Å². The predicted molar refractivity (Wildman–Crippen MR) is 61.8 cm³/mol. The van der Waals surface area contributed by atoms with Gasteiger partial charge in [-0.3, -0.25) is 9.58 Å². The maximum Gasteiger partial charge on any atom is 0.140 e. The quantitative estimate of drug-likeness (QED) is 0.705. The Kier molecular flexibility index (Phi) is 3.52. The van der Waals surface area contributed by atoms with E-state index < -0.39 is 0 Å². The van der Waals surface area contributed by atoms with Gasteiger partial charge in [-0.2, -0.15) is 5.10 Å². The Labute approximate surface area is 96.0 Å². The Hall–Kier alpha value is -0.980. The van der Waals surface area contributed by atoms with Crippen LogP contribution in [0.1, 0.15) is 5.82 Å². The van der Waals surface area contributed by atoms with Gasteiger partial charge in [0.1, 0.15) is 12.2 Å². The van der Waals surface area contributed by atoms with E-state index in [0.717, 1.165) is 32.0 Å². The lowest BCUT2D eigenvalue weighted by atomic mass is 10.1. The summed E-state index contributed by atoms with van der Waals surface area (Å²) in [5.74, 6) is 1.00. The minimum absolute atomic E-state index is 0.426. The van der Waals surface area contributed by atoms with E-state index in [9.17, 15) is 0 Å². The summed E-state index contributed by atoms with van der Waals surface area (Å²) in [7, 11) is 4.07. The molecule has 0 saturated carbocycles. The topological polar surface area (TPSA) is 63.2 Å². The molecule has 1 unspecified atom stereocenters. The molecule has 0 amide bonds. The van der Waals surface area contributed by atoms with Crippen LogP contribution >= 0.6 is 0 Å². The van der Waals surface area contributed by atoms with Gasteiger partial charge in [0.2, 0.25) is 0 Å². The minimum atomic E-state index is 0.426. The van der Waals surface area contributed by atoms with Crippen LogP contribution in [0.5, 0.6) is 0 Å². The highest BCUT2D eigenvalue weighted by Crippen LogP contribution is 2.10. The second kappa shape index (κ2) is 4.90. The number of nitrogens with zero attached hydrogens (tertiary/aromatic N) is 5. The summed E-state index contributed by atoms with van der Waals surface area (Å²) >= 11 is 0. The fraction of sp³-hybridized carbons (Fsp3) is 0.800. The van der Waals surface area contributed by atoms with Gasteiger partial charge in [-0.05, 0) is 7.05 Å². The fourth-order valence-corrected chi connectivity index (χ4v) is 2.12. The van der Waals surface area contributed by atoms with Gasteiger partial charge in [0, 0.05) is 39.3 Å². The molecule has 0 bridgehead atoms. The standard InChI is InChI=1S/C10H20N6/c1-14-3-4-16(9(5-11)6-14)7-10-12-8-13-15(10)2/h8-9H,3-7,11H2,1-2H3. The maximum atomic E-state index is 5.81. The monoisotopic (exact) mass is 224 g/mol. The summed E-state index contributed by atoms with van der Waals surface area (Å²) in [6.07, 6.45) is 1.60. The van der Waals surface area contributed by atoms with Crippen molar-refractivity contribution in [3.63, 3.8) is 0 Å². The molecule has 0 aliphatic carbocycles. The molecule has 1 aromatic rings. The van der Waals surface area contributed by atoms with Crippen molar-refractivity contribution in [3.8, 4) is 0 Å². The molecule has 1 atom stereocenters. The molecule has 2 heterocycles. The zero-order chi connectivity index (χ0) is 11.5. The van der Waals surface area contributed by atoms with Crippen LogP contribution in [0, 0.1) is 0 Å². The van der Waals surface area contributed by atoms with E-state index in [1.165, 1.54) is 0 Å². The molecule has 1 aromatic heterocycles. The number of nitrogens with two attached hydrogens (primary N) is 1. The van der Waals surface area contributed by atoms with Crippen LogP contribution in [0.2, 0.25) is 0 Å². The Bertz CT molecular complexity index is 336. The average Bonchev–Trinajstić information content (AvgIpc) is 2.67. The van der Waals surface area contributed by atoms with E-state index in [1.807, 2.05) is 11.7 Å². The lowest BCUT2D eigenvalue weighted by molar-refractivity contribution is 0.0848. The molecule has 6 heteroatoms. The molecule has 1 fully saturated rings. The Balaban J connectivity index is 2.01. The van der Waals surface area contributed by atoms with E-state index in [-0.39, 0.29) is 0 Å². The van der Waals surface area contributed by atoms with Gasteiger partial charge in [0.15, 0.2) is 0 Å². The van der Waals surface area contributed by atoms with Crippen LogP contribution in [0.3, 0.4) is 0 Å². The molecular formula is C10H20N6. The van der Waals surface area contributed by atoms with Crippen molar-refractivity contribution in [3.05, 3.63) is 12.2 Å². The van der Waals surface area contributed by atoms with E-state index in [4.69, 9.17) is 5.73 Å². The minimum Gasteiger partial charge on any atom is -0.329 e. The number of hydrogen-bond acceptors (Lipinski definition) is 5. The smallest absolute Gasteiger partial charge is 0.140 e. The molecule has 16 heavy (non-hydrogen) atoms. The van der Waals surface area contributed by atoms with Crippen LogP contribution in [-0.2, 0) is 13.6 Å². The highest BCUT2D eigenvalue weighted by Gasteiger charge is 2.24. The predicted octanol–water partition coefficient (Wildman–Crippen LogP) is -1.11. The van der Waals surface area contributed by atoms with Crippen LogP contribution in [0.4, 0.5) is 0 Å². The van der Waals surface area contributed by atoms with Crippen molar-refractivity contribution in [1.82, 2.24) is 24.6 Å². The summed E-state index contributed by atoms with van der Waals surface area (Å²) in [6, 6.07) is 0.426. The normalized spacial score (nSPS) is 23.8. The molecular weight excluding hydrogens is 204 g/mol. The van der Waals surface area contributed by atoms with Crippen molar-refractivity contribution < 1.29 is 0 Å². The molecule has 0 spiro atoms. The fourth-order valence-electron chi connectivity index (χ4n) is 2.12.